The van der Waals surface area contributed by atoms with E-state index in [1.807, 2.05) is 19.2 Å². The lowest BCUT2D eigenvalue weighted by Gasteiger charge is -2.25. The zero-order valence-electron chi connectivity index (χ0n) is 12.3. The third-order valence-corrected chi connectivity index (χ3v) is 4.08. The average Bonchev–Trinajstić information content (AvgIpc) is 2.36. The second-order valence-electron chi connectivity index (χ2n) is 5.34. The van der Waals surface area contributed by atoms with E-state index in [1.54, 1.807) is 37.7 Å². The minimum atomic E-state index is -0.787. The topological polar surface area (TPSA) is 75.4 Å². The zero-order valence-corrected chi connectivity index (χ0v) is 13.2. The summed E-state index contributed by atoms with van der Waals surface area (Å²) in [4.78, 5) is 10.6. The van der Waals surface area contributed by atoms with Gasteiger partial charge in [-0.25, -0.2) is 0 Å². The molecule has 20 heavy (non-hydrogen) atoms. The molecule has 0 aliphatic heterocycles. The maximum absolute atomic E-state index is 10.9. The van der Waals surface area contributed by atoms with Crippen molar-refractivity contribution in [1.29, 1.82) is 0 Å². The average molecular weight is 298 g/mol. The van der Waals surface area contributed by atoms with Crippen molar-refractivity contribution in [2.75, 3.05) is 18.6 Å². The van der Waals surface area contributed by atoms with Crippen LogP contribution in [0.15, 0.2) is 18.2 Å². The fraction of sp³-hybridized carbons (Fsp3) is 0.571. The summed E-state index contributed by atoms with van der Waals surface area (Å²) in [5.41, 5.74) is 0.846. The van der Waals surface area contributed by atoms with E-state index in [2.05, 4.69) is 5.32 Å². The molecule has 112 valence electrons. The van der Waals surface area contributed by atoms with Gasteiger partial charge in [0.25, 0.3) is 5.69 Å². The Morgan fingerprint density at radius 3 is 2.75 bits per heavy atom. The quantitative estimate of drug-likeness (QED) is 0.598. The number of benzene rings is 1. The van der Waals surface area contributed by atoms with Crippen molar-refractivity contribution in [3.8, 4) is 0 Å². The number of nitro groups is 1. The highest BCUT2D eigenvalue weighted by molar-refractivity contribution is 7.98. The van der Waals surface area contributed by atoms with Gasteiger partial charge in [0.1, 0.15) is 0 Å². The fourth-order valence-corrected chi connectivity index (χ4v) is 2.67. The molecule has 0 heterocycles. The molecule has 0 radical (unpaired) electrons. The van der Waals surface area contributed by atoms with Crippen LogP contribution in [-0.2, 0) is 0 Å². The van der Waals surface area contributed by atoms with Crippen LogP contribution in [0.4, 0.5) is 5.69 Å². The number of hydrogen-bond acceptors (Lipinski definition) is 5. The maximum atomic E-state index is 10.9. The Bertz CT molecular complexity index is 477. The van der Waals surface area contributed by atoms with Crippen molar-refractivity contribution in [3.63, 3.8) is 0 Å². The second kappa shape index (κ2) is 7.06. The lowest BCUT2D eigenvalue weighted by Crippen LogP contribution is -2.40. The van der Waals surface area contributed by atoms with Crippen molar-refractivity contribution in [2.24, 2.45) is 0 Å². The van der Waals surface area contributed by atoms with Crippen molar-refractivity contribution in [3.05, 3.63) is 39.4 Å². The Hall–Kier alpha value is -1.11. The van der Waals surface area contributed by atoms with E-state index in [1.165, 1.54) is 0 Å². The molecule has 1 aromatic carbocycles. The number of nitro benzene ring substituents is 1. The minimum absolute atomic E-state index is 0.0531. The van der Waals surface area contributed by atoms with Gasteiger partial charge < -0.3 is 10.4 Å². The smallest absolute Gasteiger partial charge is 0.272 e. The van der Waals surface area contributed by atoms with E-state index in [-0.39, 0.29) is 16.7 Å². The molecule has 0 saturated carbocycles. The number of nitrogens with zero attached hydrogens (tertiary/aromatic N) is 1. The molecule has 6 heteroatoms. The van der Waals surface area contributed by atoms with Crippen LogP contribution in [0.3, 0.4) is 0 Å². The molecule has 1 aromatic rings. The summed E-state index contributed by atoms with van der Waals surface area (Å²) in [6.07, 6.45) is 1.95. The molecule has 0 spiro atoms. The van der Waals surface area contributed by atoms with Crippen molar-refractivity contribution in [2.45, 2.75) is 32.4 Å². The van der Waals surface area contributed by atoms with Gasteiger partial charge >= 0.3 is 0 Å². The normalized spacial score (nSPS) is 15.7. The number of rotatable bonds is 7. The highest BCUT2D eigenvalue weighted by atomic mass is 32.2. The van der Waals surface area contributed by atoms with Crippen LogP contribution in [0.5, 0.6) is 0 Å². The first-order chi connectivity index (χ1) is 9.26. The molecule has 1 rings (SSSR count). The van der Waals surface area contributed by atoms with Gasteiger partial charge in [-0.15, -0.1) is 0 Å². The number of aryl methyl sites for hydroxylation is 1. The lowest BCUT2D eigenvalue weighted by molar-refractivity contribution is -0.385. The molecule has 0 saturated heterocycles. The lowest BCUT2D eigenvalue weighted by atomic mass is 10.0. The summed E-state index contributed by atoms with van der Waals surface area (Å²) in [5, 5.41) is 24.3. The number of hydrogen-bond donors (Lipinski definition) is 2. The van der Waals surface area contributed by atoms with Crippen LogP contribution in [0.25, 0.3) is 0 Å². The summed E-state index contributed by atoms with van der Waals surface area (Å²) in [7, 11) is 0. The maximum Gasteiger partial charge on any atom is 0.272 e. The molecule has 0 bridgehead atoms. The summed E-state index contributed by atoms with van der Waals surface area (Å²) in [6, 6.07) is 5.17. The van der Waals surface area contributed by atoms with Gasteiger partial charge in [-0.2, -0.15) is 11.8 Å². The number of aliphatic hydroxyl groups is 1. The number of nitrogens with one attached hydrogen (secondary N) is 1. The standard InChI is InChI=1S/C14H22N2O3S/c1-10-5-6-12(7-13(10)16(18)19)11(2)15-8-14(3,17)9-20-4/h5-7,11,15,17H,8-9H2,1-4H3. The van der Waals surface area contributed by atoms with E-state index in [0.717, 1.165) is 5.56 Å². The van der Waals surface area contributed by atoms with Gasteiger partial charge in [-0.05, 0) is 32.6 Å². The Morgan fingerprint density at radius 2 is 2.20 bits per heavy atom. The summed E-state index contributed by atoms with van der Waals surface area (Å²) < 4.78 is 0. The highest BCUT2D eigenvalue weighted by Crippen LogP contribution is 2.23. The molecule has 2 N–H and O–H groups in total. The molecule has 2 unspecified atom stereocenters. The van der Waals surface area contributed by atoms with Gasteiger partial charge in [-0.3, -0.25) is 10.1 Å². The van der Waals surface area contributed by atoms with Gasteiger partial charge in [-0.1, -0.05) is 12.1 Å². The van der Waals surface area contributed by atoms with Crippen molar-refractivity contribution < 1.29 is 10.0 Å². The predicted molar refractivity (Wildman–Crippen MR) is 83.3 cm³/mol. The highest BCUT2D eigenvalue weighted by Gasteiger charge is 2.21. The Kier molecular flexibility index (Phi) is 5.98. The first-order valence-corrected chi connectivity index (χ1v) is 7.86. The van der Waals surface area contributed by atoms with Crippen LogP contribution < -0.4 is 5.32 Å². The molecule has 0 fully saturated rings. The van der Waals surface area contributed by atoms with Gasteiger partial charge in [0.2, 0.25) is 0 Å². The van der Waals surface area contributed by atoms with Crippen LogP contribution in [0.2, 0.25) is 0 Å². The monoisotopic (exact) mass is 298 g/mol. The molecule has 5 nitrogen and oxygen atoms in total. The zero-order chi connectivity index (χ0) is 15.3. The summed E-state index contributed by atoms with van der Waals surface area (Å²) in [6.45, 7) is 5.88. The van der Waals surface area contributed by atoms with Crippen LogP contribution in [0, 0.1) is 17.0 Å². The van der Waals surface area contributed by atoms with Crippen LogP contribution in [0.1, 0.15) is 31.0 Å². The van der Waals surface area contributed by atoms with E-state index >= 15 is 0 Å². The minimum Gasteiger partial charge on any atom is -0.388 e. The largest absolute Gasteiger partial charge is 0.388 e. The van der Waals surface area contributed by atoms with Crippen molar-refractivity contribution in [1.82, 2.24) is 5.32 Å². The van der Waals surface area contributed by atoms with Crippen molar-refractivity contribution >= 4 is 17.4 Å². The molecule has 0 aromatic heterocycles. The summed E-state index contributed by atoms with van der Waals surface area (Å²) in [5.74, 6) is 0.640. The Balaban J connectivity index is 2.75. The first-order valence-electron chi connectivity index (χ1n) is 6.46. The SMILES string of the molecule is CSCC(C)(O)CNC(C)c1ccc(C)c([N+](=O)[O-])c1. The third-order valence-electron chi connectivity index (χ3n) is 3.17. The summed E-state index contributed by atoms with van der Waals surface area (Å²) >= 11 is 1.59. The Morgan fingerprint density at radius 1 is 1.55 bits per heavy atom. The molecular formula is C14H22N2O3S. The first kappa shape index (κ1) is 16.9. The molecular weight excluding hydrogens is 276 g/mol. The van der Waals surface area contributed by atoms with Crippen LogP contribution >= 0.6 is 11.8 Å². The van der Waals surface area contributed by atoms with E-state index in [9.17, 15) is 15.2 Å². The third kappa shape index (κ3) is 4.77. The van der Waals surface area contributed by atoms with Gasteiger partial charge in [0.15, 0.2) is 0 Å². The second-order valence-corrected chi connectivity index (χ2v) is 6.20. The van der Waals surface area contributed by atoms with E-state index in [0.29, 0.717) is 17.9 Å². The molecule has 0 aliphatic carbocycles. The Labute approximate surface area is 123 Å². The van der Waals surface area contributed by atoms with E-state index < -0.39 is 5.60 Å². The molecule has 2 atom stereocenters. The molecule has 0 amide bonds. The van der Waals surface area contributed by atoms with Gasteiger partial charge in [0, 0.05) is 30.0 Å². The van der Waals surface area contributed by atoms with Gasteiger partial charge in [0.05, 0.1) is 10.5 Å². The van der Waals surface area contributed by atoms with Crippen LogP contribution in [-0.4, -0.2) is 34.2 Å². The number of thioether (sulfide) groups is 1. The predicted octanol–water partition coefficient (Wildman–Crippen LogP) is 2.67. The molecule has 0 aliphatic rings. The van der Waals surface area contributed by atoms with E-state index in [4.69, 9.17) is 0 Å². The fourth-order valence-electron chi connectivity index (χ4n) is 1.95.